The van der Waals surface area contributed by atoms with Gasteiger partial charge in [-0.05, 0) is 85.0 Å². The summed E-state index contributed by atoms with van der Waals surface area (Å²) in [7, 11) is 0. The predicted octanol–water partition coefficient (Wildman–Crippen LogP) is 3.46. The Morgan fingerprint density at radius 3 is 1.44 bits per heavy atom. The van der Waals surface area contributed by atoms with Gasteiger partial charge in [0.05, 0.1) is 0 Å². The highest BCUT2D eigenvalue weighted by Gasteiger charge is 2.93. The van der Waals surface area contributed by atoms with Gasteiger partial charge < -0.3 is 20.1 Å². The Morgan fingerprint density at radius 2 is 1.12 bits per heavy atom. The third-order valence-electron chi connectivity index (χ3n) is 7.99. The molecule has 6 unspecified atom stereocenters. The maximum Gasteiger partial charge on any atom is 0.258 e. The van der Waals surface area contributed by atoms with Crippen molar-refractivity contribution in [3.05, 3.63) is 58.6 Å². The first-order valence-electron chi connectivity index (χ1n) is 10.8. The average molecular weight is 473 g/mol. The zero-order valence-electron chi connectivity index (χ0n) is 17.1. The number of nitrogens with one attached hydrogen (secondary N) is 2. The highest BCUT2D eigenvalue weighted by Crippen LogP contribution is 2.87. The van der Waals surface area contributed by atoms with E-state index in [0.29, 0.717) is 45.2 Å². The van der Waals surface area contributed by atoms with Crippen molar-refractivity contribution in [3.8, 4) is 11.5 Å². The molecule has 32 heavy (non-hydrogen) atoms. The standard InChI is InChI=1S/C24H22Cl2N2O4/c25-13-1-5-15(6-2-13)31-11-19(29)27-23-9-18-21(23)22-17(23)10-24(18,22)28-20(30)12-32-16-7-3-14(26)4-8-16/h1-8,17-18,21-22H,9-12H2,(H,27,29)(H,28,30). The SMILES string of the molecule is O=C(COc1ccc(Cl)cc1)NC12CC3C1C1C2CC31NC(=O)COc1ccc(Cl)cc1. The number of carbonyl (C=O) groups excluding carboxylic acids is 2. The Morgan fingerprint density at radius 1 is 0.750 bits per heavy atom. The van der Waals surface area contributed by atoms with Gasteiger partial charge in [0, 0.05) is 21.1 Å². The number of halogens is 2. The van der Waals surface area contributed by atoms with E-state index < -0.39 is 0 Å². The number of carbonyl (C=O) groups is 2. The second kappa shape index (κ2) is 7.03. The van der Waals surface area contributed by atoms with Gasteiger partial charge in [0.1, 0.15) is 11.5 Å². The summed E-state index contributed by atoms with van der Waals surface area (Å²) >= 11 is 11.7. The fraction of sp³-hybridized carbons (Fsp3) is 0.417. The molecule has 0 bridgehead atoms. The largest absolute Gasteiger partial charge is 0.484 e. The van der Waals surface area contributed by atoms with Crippen LogP contribution in [0.3, 0.4) is 0 Å². The summed E-state index contributed by atoms with van der Waals surface area (Å²) in [6.07, 6.45) is 1.84. The van der Waals surface area contributed by atoms with Crippen LogP contribution in [-0.4, -0.2) is 36.1 Å². The molecule has 2 aromatic rings. The van der Waals surface area contributed by atoms with Crippen LogP contribution in [0.2, 0.25) is 10.0 Å². The van der Waals surface area contributed by atoms with E-state index in [4.69, 9.17) is 32.7 Å². The van der Waals surface area contributed by atoms with Crippen LogP contribution in [0.4, 0.5) is 0 Å². The smallest absolute Gasteiger partial charge is 0.258 e. The lowest BCUT2D eigenvalue weighted by Gasteiger charge is -2.94. The predicted molar refractivity (Wildman–Crippen MR) is 119 cm³/mol. The number of hydrogen-bond acceptors (Lipinski definition) is 4. The van der Waals surface area contributed by atoms with Gasteiger partial charge in [-0.1, -0.05) is 23.2 Å². The number of hydrogen-bond donors (Lipinski definition) is 2. The molecule has 0 aliphatic heterocycles. The lowest BCUT2D eigenvalue weighted by atomic mass is 9.14. The minimum Gasteiger partial charge on any atom is -0.484 e. The molecule has 0 spiro atoms. The van der Waals surface area contributed by atoms with Crippen LogP contribution in [0, 0.1) is 23.7 Å². The van der Waals surface area contributed by atoms with Crippen molar-refractivity contribution in [2.45, 2.75) is 23.9 Å². The van der Waals surface area contributed by atoms with Crippen molar-refractivity contribution in [3.63, 3.8) is 0 Å². The van der Waals surface area contributed by atoms with Gasteiger partial charge in [-0.3, -0.25) is 9.59 Å². The maximum absolute atomic E-state index is 12.5. The van der Waals surface area contributed by atoms with E-state index in [1.165, 1.54) is 0 Å². The quantitative estimate of drug-likeness (QED) is 0.616. The normalized spacial score (nSPS) is 34.4. The zero-order chi connectivity index (χ0) is 22.1. The van der Waals surface area contributed by atoms with Crippen molar-refractivity contribution in [1.82, 2.24) is 10.6 Å². The van der Waals surface area contributed by atoms with E-state index in [1.807, 2.05) is 0 Å². The Balaban J connectivity index is 0.990. The number of fused-ring (bicyclic) bond motifs is 2. The van der Waals surface area contributed by atoms with E-state index in [0.717, 1.165) is 12.8 Å². The summed E-state index contributed by atoms with van der Waals surface area (Å²) in [6, 6.07) is 13.9. The summed E-state index contributed by atoms with van der Waals surface area (Å²) in [5, 5.41) is 7.74. The topological polar surface area (TPSA) is 76.7 Å². The fourth-order valence-electron chi connectivity index (χ4n) is 6.76. The highest BCUT2D eigenvalue weighted by molar-refractivity contribution is 6.30. The van der Waals surface area contributed by atoms with Crippen molar-refractivity contribution in [2.75, 3.05) is 13.2 Å². The van der Waals surface area contributed by atoms with Crippen molar-refractivity contribution in [1.29, 1.82) is 0 Å². The third-order valence-corrected chi connectivity index (χ3v) is 8.50. The molecule has 8 heteroatoms. The molecule has 4 aliphatic carbocycles. The summed E-state index contributed by atoms with van der Waals surface area (Å²) in [5.41, 5.74) is -0.190. The molecule has 4 saturated carbocycles. The summed E-state index contributed by atoms with van der Waals surface area (Å²) < 4.78 is 11.2. The van der Waals surface area contributed by atoms with Crippen LogP contribution in [-0.2, 0) is 9.59 Å². The Kier molecular flexibility index (Phi) is 4.43. The van der Waals surface area contributed by atoms with Crippen LogP contribution in [0.25, 0.3) is 0 Å². The van der Waals surface area contributed by atoms with Crippen LogP contribution in [0.5, 0.6) is 11.5 Å². The third kappa shape index (κ3) is 2.78. The number of rotatable bonds is 8. The number of amides is 2. The lowest BCUT2D eigenvalue weighted by Crippen LogP contribution is -3.03. The molecule has 6 atom stereocenters. The van der Waals surface area contributed by atoms with Crippen LogP contribution < -0.4 is 20.1 Å². The Labute approximate surface area is 195 Å². The summed E-state index contributed by atoms with van der Waals surface area (Å²) in [4.78, 5) is 25.0. The second-order valence-corrected chi connectivity index (χ2v) is 10.2. The molecule has 2 amide bonds. The van der Waals surface area contributed by atoms with Crippen molar-refractivity contribution >= 4 is 35.0 Å². The molecule has 0 radical (unpaired) electrons. The number of benzene rings is 2. The van der Waals surface area contributed by atoms with E-state index in [1.54, 1.807) is 48.5 Å². The van der Waals surface area contributed by atoms with E-state index in [-0.39, 0.29) is 36.1 Å². The summed E-state index contributed by atoms with van der Waals surface area (Å²) in [6.45, 7) is -0.0237. The molecule has 0 saturated heterocycles. The average Bonchev–Trinajstić information content (AvgIpc) is 2.77. The fourth-order valence-corrected chi connectivity index (χ4v) is 7.01. The van der Waals surface area contributed by atoms with Gasteiger partial charge in [-0.25, -0.2) is 0 Å². The molecule has 0 heterocycles. The molecule has 2 N–H and O–H groups in total. The molecule has 6 rings (SSSR count). The minimum absolute atomic E-state index is 0.0118. The monoisotopic (exact) mass is 472 g/mol. The molecule has 6 nitrogen and oxygen atoms in total. The van der Waals surface area contributed by atoms with Gasteiger partial charge in [-0.15, -0.1) is 0 Å². The zero-order valence-corrected chi connectivity index (χ0v) is 18.7. The van der Waals surface area contributed by atoms with Gasteiger partial charge in [0.25, 0.3) is 11.8 Å². The van der Waals surface area contributed by atoms with Crippen molar-refractivity contribution in [2.24, 2.45) is 23.7 Å². The second-order valence-electron chi connectivity index (χ2n) is 9.34. The van der Waals surface area contributed by atoms with Gasteiger partial charge in [-0.2, -0.15) is 0 Å². The maximum atomic E-state index is 12.5. The first-order valence-corrected chi connectivity index (χ1v) is 11.6. The first kappa shape index (κ1) is 20.2. The summed E-state index contributed by atoms with van der Waals surface area (Å²) in [5.74, 6) is 2.87. The minimum atomic E-state index is -0.0957. The Bertz CT molecular complexity index is 987. The molecular formula is C24H22Cl2N2O4. The van der Waals surface area contributed by atoms with Crippen molar-refractivity contribution < 1.29 is 19.1 Å². The molecule has 4 aliphatic rings. The van der Waals surface area contributed by atoms with Gasteiger partial charge in [0.15, 0.2) is 13.2 Å². The molecule has 2 aromatic carbocycles. The van der Waals surface area contributed by atoms with Crippen LogP contribution >= 0.6 is 23.2 Å². The highest BCUT2D eigenvalue weighted by atomic mass is 35.5. The van der Waals surface area contributed by atoms with Gasteiger partial charge >= 0.3 is 0 Å². The lowest BCUT2D eigenvalue weighted by molar-refractivity contribution is -0.406. The van der Waals surface area contributed by atoms with E-state index >= 15 is 0 Å². The molecular weight excluding hydrogens is 451 g/mol. The number of ether oxygens (including phenoxy) is 2. The Hall–Kier alpha value is -2.44. The van der Waals surface area contributed by atoms with Crippen LogP contribution in [0.15, 0.2) is 48.5 Å². The molecule has 0 aromatic heterocycles. The molecule has 166 valence electrons. The van der Waals surface area contributed by atoms with Gasteiger partial charge in [0.2, 0.25) is 0 Å². The van der Waals surface area contributed by atoms with Crippen LogP contribution in [0.1, 0.15) is 12.8 Å². The first-order chi connectivity index (χ1) is 15.4. The molecule has 4 fully saturated rings. The van der Waals surface area contributed by atoms with E-state index in [2.05, 4.69) is 10.6 Å². The van der Waals surface area contributed by atoms with E-state index in [9.17, 15) is 9.59 Å².